The smallest absolute Gasteiger partial charge is 0.177 e. The molecule has 0 amide bonds. The zero-order chi connectivity index (χ0) is 20.4. The van der Waals surface area contributed by atoms with Crippen molar-refractivity contribution in [2.45, 2.75) is 85.7 Å². The number of benzene rings is 1. The fourth-order valence-electron chi connectivity index (χ4n) is 3.01. The van der Waals surface area contributed by atoms with Gasteiger partial charge in [0.15, 0.2) is 12.4 Å². The number of rotatable bonds is 12. The highest BCUT2D eigenvalue weighted by Gasteiger charge is 2.24. The van der Waals surface area contributed by atoms with Crippen LogP contribution in [-0.2, 0) is 14.7 Å². The summed E-state index contributed by atoms with van der Waals surface area (Å²) in [4.78, 5) is 11.7. The van der Waals surface area contributed by atoms with Crippen molar-refractivity contribution in [3.05, 3.63) is 28.8 Å². The molecule has 0 saturated heterocycles. The monoisotopic (exact) mass is 394 g/mol. The maximum absolute atomic E-state index is 11.7. The van der Waals surface area contributed by atoms with E-state index in [0.29, 0.717) is 6.61 Å². The van der Waals surface area contributed by atoms with Gasteiger partial charge in [-0.1, -0.05) is 65.2 Å². The fourth-order valence-corrected chi connectivity index (χ4v) is 5.19. The second-order valence-electron chi connectivity index (χ2n) is 8.43. The summed E-state index contributed by atoms with van der Waals surface area (Å²) in [5, 5.41) is 0. The van der Waals surface area contributed by atoms with Crippen LogP contribution in [0.5, 0.6) is 5.75 Å². The molecule has 0 N–H and O–H groups in total. The van der Waals surface area contributed by atoms with Crippen molar-refractivity contribution >= 4 is 14.4 Å². The van der Waals surface area contributed by atoms with Gasteiger partial charge >= 0.3 is 0 Å². The predicted octanol–water partition coefficient (Wildman–Crippen LogP) is 6.56. The molecule has 0 spiro atoms. The molecule has 0 saturated carbocycles. The Bertz CT molecular complexity index is 570. The van der Waals surface area contributed by atoms with Crippen molar-refractivity contribution < 1.29 is 14.1 Å². The Balaban J connectivity index is 2.87. The number of aldehydes is 1. The summed E-state index contributed by atoms with van der Waals surface area (Å²) in [5.41, 5.74) is 3.39. The van der Waals surface area contributed by atoms with Crippen molar-refractivity contribution in [3.8, 4) is 5.75 Å². The first-order valence-electron chi connectivity index (χ1n) is 10.3. The molecule has 0 aliphatic carbocycles. The molecular formula is C23H39O3P. The van der Waals surface area contributed by atoms with Crippen molar-refractivity contribution in [2.24, 2.45) is 0 Å². The van der Waals surface area contributed by atoms with Gasteiger partial charge in [-0.3, -0.25) is 4.79 Å². The second-order valence-corrected chi connectivity index (χ2v) is 10.5. The van der Waals surface area contributed by atoms with Gasteiger partial charge in [0, 0.05) is 13.7 Å². The summed E-state index contributed by atoms with van der Waals surface area (Å²) in [7, 11) is -0.467. The van der Waals surface area contributed by atoms with Crippen molar-refractivity contribution in [3.63, 3.8) is 0 Å². The van der Waals surface area contributed by atoms with Gasteiger partial charge in [-0.2, -0.15) is 0 Å². The van der Waals surface area contributed by atoms with E-state index in [2.05, 4.69) is 60.6 Å². The van der Waals surface area contributed by atoms with Crippen LogP contribution < -0.4 is 4.74 Å². The topological polar surface area (TPSA) is 35.5 Å². The van der Waals surface area contributed by atoms with E-state index in [9.17, 15) is 4.79 Å². The Morgan fingerprint density at radius 1 is 1.07 bits per heavy atom. The maximum atomic E-state index is 11.7. The molecule has 0 radical (unpaired) electrons. The van der Waals surface area contributed by atoms with E-state index in [1.165, 1.54) is 31.2 Å². The van der Waals surface area contributed by atoms with Crippen LogP contribution in [0.25, 0.3) is 0 Å². The van der Waals surface area contributed by atoms with Gasteiger partial charge in [-0.25, -0.2) is 0 Å². The highest BCUT2D eigenvalue weighted by molar-refractivity contribution is 7.52. The lowest BCUT2D eigenvalue weighted by Crippen LogP contribution is -2.26. The van der Waals surface area contributed by atoms with Gasteiger partial charge in [0.05, 0.1) is 6.61 Å². The average molecular weight is 395 g/mol. The van der Waals surface area contributed by atoms with E-state index in [-0.39, 0.29) is 5.41 Å². The molecule has 3 nitrogen and oxygen atoms in total. The largest absolute Gasteiger partial charge is 0.480 e. The molecule has 154 valence electrons. The van der Waals surface area contributed by atoms with Crippen LogP contribution in [0, 0.1) is 13.8 Å². The summed E-state index contributed by atoms with van der Waals surface area (Å²) in [6.45, 7) is 15.4. The number of hydrogen-bond donors (Lipinski definition) is 0. The highest BCUT2D eigenvalue weighted by atomic mass is 31.1. The molecule has 27 heavy (non-hydrogen) atoms. The maximum Gasteiger partial charge on any atom is 0.177 e. The number of carbonyl (C=O) groups is 1. The molecule has 0 aromatic heterocycles. The third kappa shape index (κ3) is 8.32. The highest BCUT2D eigenvalue weighted by Crippen LogP contribution is 2.40. The predicted molar refractivity (Wildman–Crippen MR) is 118 cm³/mol. The first-order chi connectivity index (χ1) is 12.7. The molecule has 1 aromatic rings. The third-order valence-electron chi connectivity index (χ3n) is 4.59. The number of aryl methyl sites for hydroxylation is 2. The van der Waals surface area contributed by atoms with E-state index in [1.807, 2.05) is 0 Å². The lowest BCUT2D eigenvalue weighted by atomic mass is 9.84. The Kier molecular flexibility index (Phi) is 10.6. The SMILES string of the molecule is CCCCP(CCCC)OCC(C=O)Oc1c(C)cc(C)cc1C(C)(C)C. The number of carbonyl (C=O) groups excluding carboxylic acids is 1. The molecule has 1 aromatic carbocycles. The van der Waals surface area contributed by atoms with Gasteiger partial charge in [0.25, 0.3) is 0 Å². The van der Waals surface area contributed by atoms with E-state index < -0.39 is 14.3 Å². The quantitative estimate of drug-likeness (QED) is 0.297. The van der Waals surface area contributed by atoms with Gasteiger partial charge in [0.2, 0.25) is 0 Å². The van der Waals surface area contributed by atoms with E-state index in [4.69, 9.17) is 9.26 Å². The molecule has 0 aliphatic heterocycles. The number of unbranched alkanes of at least 4 members (excludes halogenated alkanes) is 2. The van der Waals surface area contributed by atoms with Crippen LogP contribution in [0.4, 0.5) is 0 Å². The third-order valence-corrected chi connectivity index (χ3v) is 6.74. The molecule has 0 bridgehead atoms. The standard InChI is InChI=1S/C23H39O3P/c1-8-10-12-27(13-11-9-2)25-17-20(16-24)26-22-19(4)14-18(3)15-21(22)23(5,6)7/h14-16,20H,8-13,17H2,1-7H3. The lowest BCUT2D eigenvalue weighted by molar-refractivity contribution is -0.114. The van der Waals surface area contributed by atoms with E-state index >= 15 is 0 Å². The minimum atomic E-state index is -0.555. The summed E-state index contributed by atoms with van der Waals surface area (Å²) in [5.74, 6) is 0.834. The number of hydrogen-bond acceptors (Lipinski definition) is 3. The van der Waals surface area contributed by atoms with Crippen molar-refractivity contribution in [1.29, 1.82) is 0 Å². The lowest BCUT2D eigenvalue weighted by Gasteiger charge is -2.27. The van der Waals surface area contributed by atoms with Crippen molar-refractivity contribution in [1.82, 2.24) is 0 Å². The molecule has 1 unspecified atom stereocenters. The van der Waals surface area contributed by atoms with Crippen LogP contribution in [0.3, 0.4) is 0 Å². The average Bonchev–Trinajstić information content (AvgIpc) is 2.60. The molecule has 0 heterocycles. The second kappa shape index (κ2) is 11.8. The Hall–Kier alpha value is -0.920. The van der Waals surface area contributed by atoms with Crippen LogP contribution in [0.1, 0.15) is 77.0 Å². The summed E-state index contributed by atoms with van der Waals surface area (Å²) < 4.78 is 12.4. The number of ether oxygens (including phenoxy) is 1. The molecule has 1 rings (SSSR count). The molecule has 4 heteroatoms. The first kappa shape index (κ1) is 24.1. The first-order valence-corrected chi connectivity index (χ1v) is 12.0. The fraction of sp³-hybridized carbons (Fsp3) is 0.696. The Labute approximate surface area is 168 Å². The van der Waals surface area contributed by atoms with Crippen LogP contribution in [-0.4, -0.2) is 31.3 Å². The Morgan fingerprint density at radius 2 is 1.67 bits per heavy atom. The minimum absolute atomic E-state index is 0.0464. The molecule has 1 atom stereocenters. The zero-order valence-electron chi connectivity index (χ0n) is 18.4. The summed E-state index contributed by atoms with van der Waals surface area (Å²) in [6.07, 6.45) is 7.31. The van der Waals surface area contributed by atoms with E-state index in [0.717, 1.165) is 35.5 Å². The Morgan fingerprint density at radius 3 is 2.15 bits per heavy atom. The zero-order valence-corrected chi connectivity index (χ0v) is 19.3. The van der Waals surface area contributed by atoms with Gasteiger partial charge in [0.1, 0.15) is 5.75 Å². The minimum Gasteiger partial charge on any atom is -0.480 e. The molecule has 0 aliphatic rings. The summed E-state index contributed by atoms with van der Waals surface area (Å²) in [6, 6.07) is 4.28. The van der Waals surface area contributed by atoms with Gasteiger partial charge in [-0.15, -0.1) is 0 Å². The van der Waals surface area contributed by atoms with Crippen LogP contribution in [0.15, 0.2) is 12.1 Å². The van der Waals surface area contributed by atoms with Gasteiger partial charge < -0.3 is 9.26 Å². The van der Waals surface area contributed by atoms with E-state index in [1.54, 1.807) is 0 Å². The van der Waals surface area contributed by atoms with Crippen LogP contribution >= 0.6 is 8.15 Å². The summed E-state index contributed by atoms with van der Waals surface area (Å²) >= 11 is 0. The van der Waals surface area contributed by atoms with Crippen LogP contribution in [0.2, 0.25) is 0 Å². The van der Waals surface area contributed by atoms with Crippen molar-refractivity contribution in [2.75, 3.05) is 18.9 Å². The van der Waals surface area contributed by atoms with Gasteiger partial charge in [-0.05, 0) is 50.0 Å². The molecular weight excluding hydrogens is 355 g/mol. The normalized spacial score (nSPS) is 13.0. The molecule has 0 fully saturated rings.